The molecule has 2 aromatic heterocycles. The third-order valence-corrected chi connectivity index (χ3v) is 10.9. The molecule has 45 heavy (non-hydrogen) atoms. The van der Waals surface area contributed by atoms with Crippen LogP contribution >= 0.6 is 11.3 Å². The van der Waals surface area contributed by atoms with Gasteiger partial charge in [0.2, 0.25) is 0 Å². The summed E-state index contributed by atoms with van der Waals surface area (Å²) in [5, 5.41) is 7.85. The summed E-state index contributed by atoms with van der Waals surface area (Å²) in [5.41, 5.74) is 12.7. The molecule has 5 aromatic carbocycles. The summed E-state index contributed by atoms with van der Waals surface area (Å²) in [6.45, 7) is 0. The SMILES string of the molecule is C1=CC(n2c3ccccc3c3cc(Nc4cc(-c5ccc(-c6ccccc6)cc5)c5sc6c(c5c4)CCCC6)ccc32)=CCC1. The van der Waals surface area contributed by atoms with Crippen molar-refractivity contribution in [2.45, 2.75) is 38.5 Å². The maximum Gasteiger partial charge on any atom is 0.0542 e. The van der Waals surface area contributed by atoms with Gasteiger partial charge in [-0.2, -0.15) is 0 Å². The molecule has 218 valence electrons. The molecule has 2 heterocycles. The number of para-hydroxylation sites is 1. The van der Waals surface area contributed by atoms with E-state index in [2.05, 4.69) is 137 Å². The largest absolute Gasteiger partial charge is 0.355 e. The molecule has 9 rings (SSSR count). The van der Waals surface area contributed by atoms with Gasteiger partial charge in [0.25, 0.3) is 0 Å². The lowest BCUT2D eigenvalue weighted by Gasteiger charge is -2.14. The summed E-state index contributed by atoms with van der Waals surface area (Å²) in [6.07, 6.45) is 14.1. The number of hydrogen-bond acceptors (Lipinski definition) is 2. The summed E-state index contributed by atoms with van der Waals surface area (Å²) < 4.78 is 3.85. The zero-order valence-electron chi connectivity index (χ0n) is 25.2. The number of fused-ring (bicyclic) bond motifs is 6. The third kappa shape index (κ3) is 4.62. The first-order valence-electron chi connectivity index (χ1n) is 16.2. The molecule has 0 saturated heterocycles. The van der Waals surface area contributed by atoms with Crippen LogP contribution in [0.4, 0.5) is 11.4 Å². The summed E-state index contributed by atoms with van der Waals surface area (Å²) in [7, 11) is 0. The predicted octanol–water partition coefficient (Wildman–Crippen LogP) is 12.2. The van der Waals surface area contributed by atoms with E-state index >= 15 is 0 Å². The molecule has 1 N–H and O–H groups in total. The van der Waals surface area contributed by atoms with Crippen molar-refractivity contribution in [3.63, 3.8) is 0 Å². The lowest BCUT2D eigenvalue weighted by atomic mass is 9.93. The van der Waals surface area contributed by atoms with Crippen LogP contribution in [0.2, 0.25) is 0 Å². The van der Waals surface area contributed by atoms with E-state index in [-0.39, 0.29) is 0 Å². The number of benzene rings is 5. The minimum Gasteiger partial charge on any atom is -0.355 e. The third-order valence-electron chi connectivity index (χ3n) is 9.55. The Bertz CT molecular complexity index is 2280. The fraction of sp³-hybridized carbons (Fsp3) is 0.143. The summed E-state index contributed by atoms with van der Waals surface area (Å²) in [5.74, 6) is 0. The van der Waals surface area contributed by atoms with Gasteiger partial charge in [-0.05, 0) is 109 Å². The highest BCUT2D eigenvalue weighted by molar-refractivity contribution is 7.19. The second-order valence-corrected chi connectivity index (χ2v) is 13.5. The van der Waals surface area contributed by atoms with Crippen LogP contribution in [0.3, 0.4) is 0 Å². The number of aromatic nitrogens is 1. The molecule has 0 spiro atoms. The number of anilines is 2. The van der Waals surface area contributed by atoms with Gasteiger partial charge in [-0.15, -0.1) is 11.3 Å². The van der Waals surface area contributed by atoms with Gasteiger partial charge in [-0.25, -0.2) is 0 Å². The molecule has 0 radical (unpaired) electrons. The second kappa shape index (κ2) is 10.9. The van der Waals surface area contributed by atoms with Crippen LogP contribution < -0.4 is 5.32 Å². The molecule has 0 atom stereocenters. The minimum absolute atomic E-state index is 1.09. The fourth-order valence-corrected chi connectivity index (χ4v) is 8.79. The Morgan fingerprint density at radius 2 is 1.36 bits per heavy atom. The van der Waals surface area contributed by atoms with Crippen molar-refractivity contribution < 1.29 is 0 Å². The van der Waals surface area contributed by atoms with Gasteiger partial charge >= 0.3 is 0 Å². The van der Waals surface area contributed by atoms with Gasteiger partial charge in [-0.1, -0.05) is 84.9 Å². The van der Waals surface area contributed by atoms with E-state index < -0.39 is 0 Å². The Hall–Kier alpha value is -4.86. The van der Waals surface area contributed by atoms with Gasteiger partial charge in [0.1, 0.15) is 0 Å². The molecular formula is C42H34N2S. The topological polar surface area (TPSA) is 17.0 Å². The molecule has 7 aromatic rings. The quantitative estimate of drug-likeness (QED) is 0.209. The van der Waals surface area contributed by atoms with Crippen molar-refractivity contribution in [1.29, 1.82) is 0 Å². The van der Waals surface area contributed by atoms with Crippen LogP contribution in [0.15, 0.2) is 127 Å². The van der Waals surface area contributed by atoms with Gasteiger partial charge in [0.15, 0.2) is 0 Å². The normalized spacial score (nSPS) is 14.6. The van der Waals surface area contributed by atoms with E-state index in [1.54, 1.807) is 10.4 Å². The maximum atomic E-state index is 3.85. The first-order valence-corrected chi connectivity index (χ1v) is 17.0. The van der Waals surface area contributed by atoms with Crippen LogP contribution in [0.1, 0.15) is 36.1 Å². The number of hydrogen-bond donors (Lipinski definition) is 1. The summed E-state index contributed by atoms with van der Waals surface area (Å²) in [6, 6.07) is 40.2. The maximum absolute atomic E-state index is 3.85. The van der Waals surface area contributed by atoms with Crippen LogP contribution in [-0.4, -0.2) is 4.57 Å². The number of nitrogens with one attached hydrogen (secondary N) is 1. The van der Waals surface area contributed by atoms with Crippen LogP contribution in [0, 0.1) is 0 Å². The van der Waals surface area contributed by atoms with E-state index in [9.17, 15) is 0 Å². The molecular weight excluding hydrogens is 565 g/mol. The average molecular weight is 599 g/mol. The first kappa shape index (κ1) is 26.5. The lowest BCUT2D eigenvalue weighted by Crippen LogP contribution is -1.98. The second-order valence-electron chi connectivity index (χ2n) is 12.4. The highest BCUT2D eigenvalue weighted by atomic mass is 32.1. The fourth-order valence-electron chi connectivity index (χ4n) is 7.38. The molecule has 0 saturated carbocycles. The number of rotatable bonds is 5. The van der Waals surface area contributed by atoms with Gasteiger partial charge in [0, 0.05) is 43.0 Å². The van der Waals surface area contributed by atoms with Crippen molar-refractivity contribution in [3.05, 3.63) is 138 Å². The summed E-state index contributed by atoms with van der Waals surface area (Å²) >= 11 is 2.01. The zero-order chi connectivity index (χ0) is 29.7. The molecule has 2 aliphatic carbocycles. The Kier molecular flexibility index (Phi) is 6.45. The number of nitrogens with zero attached hydrogens (tertiary/aromatic N) is 1. The Balaban J connectivity index is 1.16. The van der Waals surface area contributed by atoms with Gasteiger partial charge in [0.05, 0.1) is 11.0 Å². The minimum atomic E-state index is 1.09. The standard InChI is InChI=1S/C42H34N2S/c1-3-11-28(12-4-1)29-19-21-30(22-20-29)36-26-32(27-38-35-16-8-10-18-41(35)45-42(36)38)43-31-23-24-40-37(25-31)34-15-7-9-17-39(34)44(40)33-13-5-2-6-14-33/h1,3-5,7,9,11-15,17,19-27,43H,2,6,8,10,16,18H2. The Labute approximate surface area is 268 Å². The van der Waals surface area contributed by atoms with Gasteiger partial charge in [-0.3, -0.25) is 0 Å². The van der Waals surface area contributed by atoms with Crippen molar-refractivity contribution >= 4 is 60.3 Å². The average Bonchev–Trinajstić information content (AvgIpc) is 3.64. The predicted molar refractivity (Wildman–Crippen MR) is 195 cm³/mol. The van der Waals surface area contributed by atoms with Crippen molar-refractivity contribution in [1.82, 2.24) is 4.57 Å². The first-order chi connectivity index (χ1) is 22.3. The van der Waals surface area contributed by atoms with Crippen LogP contribution in [0.25, 0.3) is 59.8 Å². The molecule has 0 aliphatic heterocycles. The lowest BCUT2D eigenvalue weighted by molar-refractivity contribution is 0.700. The molecule has 0 bridgehead atoms. The molecule has 2 aliphatic rings. The Morgan fingerprint density at radius 1 is 0.600 bits per heavy atom. The highest BCUT2D eigenvalue weighted by Gasteiger charge is 2.20. The molecule has 3 heteroatoms. The zero-order valence-corrected chi connectivity index (χ0v) is 26.0. The van der Waals surface area contributed by atoms with Crippen molar-refractivity contribution in [2.24, 2.45) is 0 Å². The van der Waals surface area contributed by atoms with E-state index in [0.29, 0.717) is 0 Å². The van der Waals surface area contributed by atoms with E-state index in [4.69, 9.17) is 0 Å². The molecule has 0 unspecified atom stereocenters. The van der Waals surface area contributed by atoms with Gasteiger partial charge < -0.3 is 9.88 Å². The van der Waals surface area contributed by atoms with Crippen molar-refractivity contribution in [3.8, 4) is 22.3 Å². The summed E-state index contributed by atoms with van der Waals surface area (Å²) in [4.78, 5) is 1.58. The smallest absolute Gasteiger partial charge is 0.0542 e. The monoisotopic (exact) mass is 598 g/mol. The molecule has 2 nitrogen and oxygen atoms in total. The number of thiophene rings is 1. The molecule has 0 amide bonds. The van der Waals surface area contributed by atoms with Crippen LogP contribution in [-0.2, 0) is 12.8 Å². The highest BCUT2D eigenvalue weighted by Crippen LogP contribution is 2.44. The number of aryl methyl sites for hydroxylation is 2. The molecule has 0 fully saturated rings. The van der Waals surface area contributed by atoms with E-state index in [0.717, 1.165) is 24.2 Å². The Morgan fingerprint density at radius 3 is 2.22 bits per heavy atom. The van der Waals surface area contributed by atoms with Crippen molar-refractivity contribution in [2.75, 3.05) is 5.32 Å². The van der Waals surface area contributed by atoms with E-state index in [1.165, 1.54) is 85.5 Å². The van der Waals surface area contributed by atoms with E-state index in [1.807, 2.05) is 11.3 Å². The van der Waals surface area contributed by atoms with Crippen LogP contribution in [0.5, 0.6) is 0 Å². The number of allylic oxidation sites excluding steroid dienone is 4.